The van der Waals surface area contributed by atoms with E-state index in [-0.39, 0.29) is 12.1 Å². The Hall–Kier alpha value is -0.730. The van der Waals surface area contributed by atoms with E-state index in [0.29, 0.717) is 5.92 Å². The topological polar surface area (TPSA) is 38.3 Å². The molecular formula is C12H25NO2. The number of carbonyl (C=O) groups excluding carboxylic acids is 1. The van der Waals surface area contributed by atoms with Crippen LogP contribution in [0.4, 0.5) is 4.79 Å². The average Bonchev–Trinajstić information content (AvgIpc) is 2.15. The maximum absolute atomic E-state index is 11.1. The molecule has 0 heterocycles. The van der Waals surface area contributed by atoms with Crippen molar-refractivity contribution in [2.24, 2.45) is 11.8 Å². The van der Waals surface area contributed by atoms with E-state index in [1.54, 1.807) is 0 Å². The van der Waals surface area contributed by atoms with Crippen molar-refractivity contribution in [3.63, 3.8) is 0 Å². The van der Waals surface area contributed by atoms with Crippen LogP contribution in [0.15, 0.2) is 0 Å². The minimum Gasteiger partial charge on any atom is -0.453 e. The molecule has 0 aromatic carbocycles. The first-order chi connectivity index (χ1) is 6.97. The molecule has 1 amide bonds. The van der Waals surface area contributed by atoms with Crippen LogP contribution >= 0.6 is 0 Å². The third-order valence-corrected chi connectivity index (χ3v) is 2.59. The summed E-state index contributed by atoms with van der Waals surface area (Å²) in [6, 6.07) is 0.233. The summed E-state index contributed by atoms with van der Waals surface area (Å²) in [5, 5.41) is 2.88. The number of hydrogen-bond donors (Lipinski definition) is 1. The number of rotatable bonds is 6. The SMILES string of the molecule is COC(=O)NC(CCCC(C)C)C(C)C. The lowest BCUT2D eigenvalue weighted by atomic mass is 9.96. The molecule has 1 unspecified atom stereocenters. The molecule has 0 rings (SSSR count). The normalized spacial score (nSPS) is 13.0. The van der Waals surface area contributed by atoms with Gasteiger partial charge in [0.25, 0.3) is 0 Å². The van der Waals surface area contributed by atoms with Crippen LogP contribution in [-0.2, 0) is 4.74 Å². The van der Waals surface area contributed by atoms with Crippen LogP contribution in [0.2, 0.25) is 0 Å². The number of alkyl carbamates (subject to hydrolysis) is 1. The summed E-state index contributed by atoms with van der Waals surface area (Å²) in [5.41, 5.74) is 0. The van der Waals surface area contributed by atoms with Gasteiger partial charge in [-0.05, 0) is 18.3 Å². The van der Waals surface area contributed by atoms with Crippen molar-refractivity contribution in [3.8, 4) is 0 Å². The Bertz CT molecular complexity index is 178. The average molecular weight is 215 g/mol. The van der Waals surface area contributed by atoms with Crippen LogP contribution in [-0.4, -0.2) is 19.2 Å². The van der Waals surface area contributed by atoms with E-state index >= 15 is 0 Å². The van der Waals surface area contributed by atoms with Gasteiger partial charge < -0.3 is 10.1 Å². The second kappa shape index (κ2) is 7.55. The van der Waals surface area contributed by atoms with Gasteiger partial charge in [0.15, 0.2) is 0 Å². The van der Waals surface area contributed by atoms with Gasteiger partial charge in [-0.2, -0.15) is 0 Å². The van der Waals surface area contributed by atoms with Gasteiger partial charge in [0, 0.05) is 6.04 Å². The van der Waals surface area contributed by atoms with Gasteiger partial charge in [0.05, 0.1) is 7.11 Å². The van der Waals surface area contributed by atoms with Crippen molar-refractivity contribution in [1.29, 1.82) is 0 Å². The summed E-state index contributed by atoms with van der Waals surface area (Å²) < 4.78 is 4.61. The third kappa shape index (κ3) is 7.23. The summed E-state index contributed by atoms with van der Waals surface area (Å²) in [7, 11) is 1.40. The fraction of sp³-hybridized carbons (Fsp3) is 0.917. The zero-order valence-corrected chi connectivity index (χ0v) is 10.7. The van der Waals surface area contributed by atoms with Crippen LogP contribution < -0.4 is 5.32 Å². The molecule has 3 nitrogen and oxygen atoms in total. The lowest BCUT2D eigenvalue weighted by Crippen LogP contribution is -2.38. The maximum Gasteiger partial charge on any atom is 0.407 e. The lowest BCUT2D eigenvalue weighted by molar-refractivity contribution is 0.161. The van der Waals surface area contributed by atoms with Gasteiger partial charge in [-0.25, -0.2) is 4.79 Å². The summed E-state index contributed by atoms with van der Waals surface area (Å²) in [6.07, 6.45) is 3.08. The Morgan fingerprint density at radius 1 is 1.20 bits per heavy atom. The first-order valence-electron chi connectivity index (χ1n) is 5.81. The Morgan fingerprint density at radius 3 is 2.20 bits per heavy atom. The predicted molar refractivity (Wildman–Crippen MR) is 62.9 cm³/mol. The summed E-state index contributed by atoms with van der Waals surface area (Å²) in [5.74, 6) is 1.19. The Labute approximate surface area is 93.6 Å². The van der Waals surface area contributed by atoms with Crippen molar-refractivity contribution >= 4 is 6.09 Å². The molecule has 0 bridgehead atoms. The van der Waals surface area contributed by atoms with Gasteiger partial charge in [-0.15, -0.1) is 0 Å². The van der Waals surface area contributed by atoms with Gasteiger partial charge in [0.2, 0.25) is 0 Å². The number of ether oxygens (including phenoxy) is 1. The van der Waals surface area contributed by atoms with E-state index in [2.05, 4.69) is 37.7 Å². The zero-order valence-electron chi connectivity index (χ0n) is 10.7. The van der Waals surface area contributed by atoms with Crippen molar-refractivity contribution in [2.75, 3.05) is 7.11 Å². The van der Waals surface area contributed by atoms with Gasteiger partial charge >= 0.3 is 6.09 Å². The smallest absolute Gasteiger partial charge is 0.407 e. The fourth-order valence-corrected chi connectivity index (χ4v) is 1.53. The Kier molecular flexibility index (Phi) is 7.18. The highest BCUT2D eigenvalue weighted by molar-refractivity contribution is 5.67. The fourth-order valence-electron chi connectivity index (χ4n) is 1.53. The summed E-state index contributed by atoms with van der Waals surface area (Å²) in [4.78, 5) is 11.1. The van der Waals surface area contributed by atoms with Gasteiger partial charge in [-0.3, -0.25) is 0 Å². The van der Waals surface area contributed by atoms with E-state index in [1.165, 1.54) is 13.5 Å². The Morgan fingerprint density at radius 2 is 1.80 bits per heavy atom. The van der Waals surface area contributed by atoms with Crippen molar-refractivity contribution in [3.05, 3.63) is 0 Å². The molecule has 1 N–H and O–H groups in total. The molecule has 0 fully saturated rings. The third-order valence-electron chi connectivity index (χ3n) is 2.59. The highest BCUT2D eigenvalue weighted by Gasteiger charge is 2.15. The molecule has 0 spiro atoms. The largest absolute Gasteiger partial charge is 0.453 e. The minimum absolute atomic E-state index is 0.233. The predicted octanol–water partition coefficient (Wildman–Crippen LogP) is 3.19. The van der Waals surface area contributed by atoms with Crippen LogP contribution in [0.3, 0.4) is 0 Å². The van der Waals surface area contributed by atoms with E-state index < -0.39 is 0 Å². The maximum atomic E-state index is 11.1. The Balaban J connectivity index is 3.89. The molecule has 0 aliphatic carbocycles. The molecule has 1 atom stereocenters. The van der Waals surface area contributed by atoms with Crippen molar-refractivity contribution in [1.82, 2.24) is 5.32 Å². The highest BCUT2D eigenvalue weighted by atomic mass is 16.5. The molecule has 0 aliphatic heterocycles. The van der Waals surface area contributed by atoms with E-state index in [1.807, 2.05) is 0 Å². The number of nitrogens with one attached hydrogen (secondary N) is 1. The lowest BCUT2D eigenvalue weighted by Gasteiger charge is -2.21. The molecule has 0 aromatic rings. The molecule has 0 aliphatic rings. The molecule has 0 aromatic heterocycles. The number of amides is 1. The van der Waals surface area contributed by atoms with E-state index in [9.17, 15) is 4.79 Å². The van der Waals surface area contributed by atoms with E-state index in [4.69, 9.17) is 0 Å². The number of methoxy groups -OCH3 is 1. The van der Waals surface area contributed by atoms with Crippen LogP contribution in [0.1, 0.15) is 47.0 Å². The van der Waals surface area contributed by atoms with Gasteiger partial charge in [0.1, 0.15) is 0 Å². The quantitative estimate of drug-likeness (QED) is 0.739. The van der Waals surface area contributed by atoms with E-state index in [0.717, 1.165) is 18.8 Å². The molecule has 3 heteroatoms. The molecule has 15 heavy (non-hydrogen) atoms. The number of hydrogen-bond acceptors (Lipinski definition) is 2. The standard InChI is InChI=1S/C12H25NO2/c1-9(2)7-6-8-11(10(3)4)13-12(14)15-5/h9-11H,6-8H2,1-5H3,(H,13,14). The second-order valence-electron chi connectivity index (χ2n) is 4.81. The minimum atomic E-state index is -0.321. The van der Waals surface area contributed by atoms with Gasteiger partial charge in [-0.1, -0.05) is 40.5 Å². The van der Waals surface area contributed by atoms with Crippen LogP contribution in [0, 0.1) is 11.8 Å². The molecule has 90 valence electrons. The van der Waals surface area contributed by atoms with Crippen LogP contribution in [0.5, 0.6) is 0 Å². The molecule has 0 saturated carbocycles. The second-order valence-corrected chi connectivity index (χ2v) is 4.81. The van der Waals surface area contributed by atoms with Crippen molar-refractivity contribution in [2.45, 2.75) is 53.0 Å². The highest BCUT2D eigenvalue weighted by Crippen LogP contribution is 2.13. The van der Waals surface area contributed by atoms with Crippen LogP contribution in [0.25, 0.3) is 0 Å². The first-order valence-corrected chi connectivity index (χ1v) is 5.81. The summed E-state index contributed by atoms with van der Waals surface area (Å²) in [6.45, 7) is 8.68. The molecule has 0 radical (unpaired) electrons. The number of carbonyl (C=O) groups is 1. The summed E-state index contributed by atoms with van der Waals surface area (Å²) >= 11 is 0. The first kappa shape index (κ1) is 14.3. The molecular weight excluding hydrogens is 190 g/mol. The monoisotopic (exact) mass is 215 g/mol. The van der Waals surface area contributed by atoms with Crippen molar-refractivity contribution < 1.29 is 9.53 Å². The zero-order chi connectivity index (χ0) is 11.8. The molecule has 0 saturated heterocycles.